The highest BCUT2D eigenvalue weighted by atomic mass is 16.5. The molecule has 0 atom stereocenters. The fraction of sp³-hybridized carbons (Fsp3) is 0.250. The van der Waals surface area contributed by atoms with Gasteiger partial charge in [0, 0.05) is 11.4 Å². The molecule has 0 amide bonds. The molecule has 1 heterocycles. The number of benzene rings is 2. The van der Waals surface area contributed by atoms with Crippen LogP contribution in [0.15, 0.2) is 54.7 Å². The van der Waals surface area contributed by atoms with E-state index in [4.69, 9.17) is 4.74 Å². The molecule has 2 aromatic carbocycles. The van der Waals surface area contributed by atoms with Gasteiger partial charge < -0.3 is 15.4 Å². The van der Waals surface area contributed by atoms with Crippen LogP contribution in [0.5, 0.6) is 5.75 Å². The van der Waals surface area contributed by atoms with Gasteiger partial charge in [0.1, 0.15) is 5.75 Å². The fourth-order valence-electron chi connectivity index (χ4n) is 2.61. The van der Waals surface area contributed by atoms with Gasteiger partial charge in [0.15, 0.2) is 5.82 Å². The second kappa shape index (κ2) is 7.39. The van der Waals surface area contributed by atoms with Gasteiger partial charge >= 0.3 is 0 Å². The van der Waals surface area contributed by atoms with Crippen LogP contribution < -0.4 is 15.4 Å². The Balaban J connectivity index is 1.80. The first kappa shape index (κ1) is 17.7. The molecule has 6 heteroatoms. The van der Waals surface area contributed by atoms with Crippen LogP contribution in [0, 0.1) is 0 Å². The number of anilines is 4. The van der Waals surface area contributed by atoms with Crippen LogP contribution in [-0.4, -0.2) is 22.3 Å². The van der Waals surface area contributed by atoms with Crippen LogP contribution in [0.2, 0.25) is 0 Å². The Morgan fingerprint density at radius 2 is 1.65 bits per heavy atom. The lowest BCUT2D eigenvalue weighted by molar-refractivity contribution is 0.415. The zero-order valence-corrected chi connectivity index (χ0v) is 15.4. The summed E-state index contributed by atoms with van der Waals surface area (Å²) < 4.78 is 5.17. The zero-order valence-electron chi connectivity index (χ0n) is 15.4. The standard InChI is InChI=1S/C20H23N5O/c1-20(2,3)16-7-5-6-8-17(16)23-19-24-18(13-21-25-19)22-14-9-11-15(26-4)12-10-14/h5-13H,1-4H3,(H2,22,23,24,25). The van der Waals surface area contributed by atoms with Gasteiger partial charge in [0.05, 0.1) is 13.3 Å². The van der Waals surface area contributed by atoms with Gasteiger partial charge in [-0.25, -0.2) is 0 Å². The normalized spacial score (nSPS) is 11.1. The van der Waals surface area contributed by atoms with Gasteiger partial charge in [-0.3, -0.25) is 0 Å². The molecule has 0 saturated heterocycles. The minimum Gasteiger partial charge on any atom is -0.497 e. The van der Waals surface area contributed by atoms with E-state index in [9.17, 15) is 0 Å². The molecular formula is C20H23N5O. The molecule has 2 N–H and O–H groups in total. The van der Waals surface area contributed by atoms with E-state index in [-0.39, 0.29) is 5.41 Å². The van der Waals surface area contributed by atoms with Gasteiger partial charge in [-0.1, -0.05) is 39.0 Å². The van der Waals surface area contributed by atoms with Crippen molar-refractivity contribution in [2.75, 3.05) is 17.7 Å². The van der Waals surface area contributed by atoms with Gasteiger partial charge in [-0.05, 0) is 41.3 Å². The quantitative estimate of drug-likeness (QED) is 0.698. The molecule has 0 aliphatic rings. The molecule has 0 aliphatic carbocycles. The van der Waals surface area contributed by atoms with Gasteiger partial charge in [0.25, 0.3) is 0 Å². The van der Waals surface area contributed by atoms with Crippen molar-refractivity contribution in [3.05, 3.63) is 60.3 Å². The summed E-state index contributed by atoms with van der Waals surface area (Å²) in [6, 6.07) is 15.8. The van der Waals surface area contributed by atoms with Crippen molar-refractivity contribution in [1.82, 2.24) is 15.2 Å². The van der Waals surface area contributed by atoms with Crippen LogP contribution in [0.4, 0.5) is 23.1 Å². The number of methoxy groups -OCH3 is 1. The lowest BCUT2D eigenvalue weighted by Gasteiger charge is -2.22. The summed E-state index contributed by atoms with van der Waals surface area (Å²) in [4.78, 5) is 4.50. The minimum atomic E-state index is 0.00990. The molecule has 0 saturated carbocycles. The highest BCUT2D eigenvalue weighted by molar-refractivity contribution is 5.62. The second-order valence-corrected chi connectivity index (χ2v) is 6.94. The molecule has 3 aromatic rings. The molecule has 0 bridgehead atoms. The summed E-state index contributed by atoms with van der Waals surface area (Å²) in [5.74, 6) is 1.86. The molecule has 0 unspecified atom stereocenters. The molecule has 134 valence electrons. The summed E-state index contributed by atoms with van der Waals surface area (Å²) in [5, 5.41) is 14.6. The maximum atomic E-state index is 5.17. The van der Waals surface area contributed by atoms with Gasteiger partial charge in [0.2, 0.25) is 5.95 Å². The Morgan fingerprint density at radius 3 is 2.35 bits per heavy atom. The lowest BCUT2D eigenvalue weighted by Crippen LogP contribution is -2.14. The molecule has 0 aliphatic heterocycles. The summed E-state index contributed by atoms with van der Waals surface area (Å²) in [6.45, 7) is 6.52. The maximum Gasteiger partial charge on any atom is 0.249 e. The Morgan fingerprint density at radius 1 is 0.923 bits per heavy atom. The van der Waals surface area contributed by atoms with Crippen molar-refractivity contribution in [1.29, 1.82) is 0 Å². The predicted molar refractivity (Wildman–Crippen MR) is 105 cm³/mol. The topological polar surface area (TPSA) is 72.0 Å². The monoisotopic (exact) mass is 349 g/mol. The minimum absolute atomic E-state index is 0.00990. The van der Waals surface area contributed by atoms with E-state index < -0.39 is 0 Å². The van der Waals surface area contributed by atoms with E-state index in [0.717, 1.165) is 17.1 Å². The van der Waals surface area contributed by atoms with Crippen molar-refractivity contribution in [2.24, 2.45) is 0 Å². The molecule has 3 rings (SSSR count). The maximum absolute atomic E-state index is 5.17. The van der Waals surface area contributed by atoms with Crippen LogP contribution >= 0.6 is 0 Å². The number of para-hydroxylation sites is 1. The number of nitrogens with one attached hydrogen (secondary N) is 2. The summed E-state index contributed by atoms with van der Waals surface area (Å²) in [5.41, 5.74) is 3.07. The van der Waals surface area contributed by atoms with Crippen LogP contribution in [0.1, 0.15) is 26.3 Å². The number of nitrogens with zero attached hydrogens (tertiary/aromatic N) is 3. The number of rotatable bonds is 5. The summed E-state index contributed by atoms with van der Waals surface area (Å²) >= 11 is 0. The average molecular weight is 349 g/mol. The van der Waals surface area contributed by atoms with Crippen molar-refractivity contribution < 1.29 is 4.74 Å². The Kier molecular flexibility index (Phi) is 5.02. The van der Waals surface area contributed by atoms with Crippen molar-refractivity contribution in [3.63, 3.8) is 0 Å². The Bertz CT molecular complexity index is 872. The zero-order chi connectivity index (χ0) is 18.6. The molecule has 0 spiro atoms. The highest BCUT2D eigenvalue weighted by Crippen LogP contribution is 2.30. The van der Waals surface area contributed by atoms with Crippen molar-refractivity contribution in [2.45, 2.75) is 26.2 Å². The van der Waals surface area contributed by atoms with E-state index >= 15 is 0 Å². The highest BCUT2D eigenvalue weighted by Gasteiger charge is 2.18. The van der Waals surface area contributed by atoms with Crippen LogP contribution in [0.3, 0.4) is 0 Å². The second-order valence-electron chi connectivity index (χ2n) is 6.94. The summed E-state index contributed by atoms with van der Waals surface area (Å²) in [7, 11) is 1.64. The number of ether oxygens (including phenoxy) is 1. The Hall–Kier alpha value is -3.15. The average Bonchev–Trinajstić information content (AvgIpc) is 2.62. The first-order valence-electron chi connectivity index (χ1n) is 8.43. The van der Waals surface area contributed by atoms with E-state index in [0.29, 0.717) is 11.8 Å². The predicted octanol–water partition coefficient (Wildman–Crippen LogP) is 4.66. The van der Waals surface area contributed by atoms with E-state index in [1.807, 2.05) is 42.5 Å². The van der Waals surface area contributed by atoms with E-state index in [1.165, 1.54) is 5.56 Å². The first-order valence-corrected chi connectivity index (χ1v) is 8.43. The van der Waals surface area contributed by atoms with E-state index in [2.05, 4.69) is 52.7 Å². The smallest absolute Gasteiger partial charge is 0.249 e. The fourth-order valence-corrected chi connectivity index (χ4v) is 2.61. The van der Waals surface area contributed by atoms with Crippen molar-refractivity contribution in [3.8, 4) is 5.75 Å². The van der Waals surface area contributed by atoms with Crippen LogP contribution in [-0.2, 0) is 5.41 Å². The van der Waals surface area contributed by atoms with E-state index in [1.54, 1.807) is 13.3 Å². The van der Waals surface area contributed by atoms with Gasteiger partial charge in [-0.15, -0.1) is 5.10 Å². The third-order valence-electron chi connectivity index (χ3n) is 3.90. The molecule has 0 fully saturated rings. The van der Waals surface area contributed by atoms with Gasteiger partial charge in [-0.2, -0.15) is 10.1 Å². The molecule has 6 nitrogen and oxygen atoms in total. The Labute approximate surface area is 153 Å². The number of hydrogen-bond donors (Lipinski definition) is 2. The first-order chi connectivity index (χ1) is 12.5. The molecule has 26 heavy (non-hydrogen) atoms. The molecule has 0 radical (unpaired) electrons. The molecule has 1 aromatic heterocycles. The lowest BCUT2D eigenvalue weighted by atomic mass is 9.86. The van der Waals surface area contributed by atoms with Crippen molar-refractivity contribution >= 4 is 23.1 Å². The molecular weight excluding hydrogens is 326 g/mol. The van der Waals surface area contributed by atoms with Crippen LogP contribution in [0.25, 0.3) is 0 Å². The number of aromatic nitrogens is 3. The SMILES string of the molecule is COc1ccc(Nc2cnnc(Nc3ccccc3C(C)(C)C)n2)cc1. The largest absolute Gasteiger partial charge is 0.497 e. The third kappa shape index (κ3) is 4.27. The summed E-state index contributed by atoms with van der Waals surface area (Å²) in [6.07, 6.45) is 1.59. The third-order valence-corrected chi connectivity index (χ3v) is 3.90. The number of hydrogen-bond acceptors (Lipinski definition) is 6.